The summed E-state index contributed by atoms with van der Waals surface area (Å²) in [4.78, 5) is 14.0. The smallest absolute Gasteiger partial charge is 0.227 e. The molecule has 2 N–H and O–H groups in total. The number of phenolic OH excluding ortho intramolecular Hbond substituents is 1. The van der Waals surface area contributed by atoms with E-state index in [1.165, 1.54) is 0 Å². The van der Waals surface area contributed by atoms with Gasteiger partial charge in [0.2, 0.25) is 5.91 Å². The molecule has 1 saturated heterocycles. The number of hydrogen-bond donors (Lipinski definition) is 2. The number of hydrogen-bond acceptors (Lipinski definition) is 3. The van der Waals surface area contributed by atoms with Gasteiger partial charge in [-0.1, -0.05) is 25.1 Å². The first-order valence-corrected chi connectivity index (χ1v) is 6.84. The van der Waals surface area contributed by atoms with Gasteiger partial charge >= 0.3 is 0 Å². The van der Waals surface area contributed by atoms with E-state index in [-0.39, 0.29) is 30.1 Å². The van der Waals surface area contributed by atoms with Crippen molar-refractivity contribution >= 4 is 5.91 Å². The Kier molecular flexibility index (Phi) is 4.43. The number of aromatic hydroxyl groups is 1. The maximum absolute atomic E-state index is 12.2. The first-order valence-electron chi connectivity index (χ1n) is 6.84. The van der Waals surface area contributed by atoms with Crippen LogP contribution in [-0.4, -0.2) is 40.2 Å². The number of carbonyl (C=O) groups is 1. The minimum absolute atomic E-state index is 0.0202. The molecule has 1 amide bonds. The van der Waals surface area contributed by atoms with Gasteiger partial charge in [0.15, 0.2) is 0 Å². The summed E-state index contributed by atoms with van der Waals surface area (Å²) in [5.41, 5.74) is 0.659. The zero-order valence-corrected chi connectivity index (χ0v) is 11.2. The van der Waals surface area contributed by atoms with Crippen molar-refractivity contribution in [2.24, 2.45) is 5.92 Å². The molecule has 104 valence electrons. The molecule has 19 heavy (non-hydrogen) atoms. The van der Waals surface area contributed by atoms with Gasteiger partial charge in [-0.05, 0) is 18.9 Å². The van der Waals surface area contributed by atoms with Crippen LogP contribution in [0.3, 0.4) is 0 Å². The number of piperidine rings is 1. The third-order valence-corrected chi connectivity index (χ3v) is 3.90. The van der Waals surface area contributed by atoms with Crippen molar-refractivity contribution in [2.75, 3.05) is 13.1 Å². The van der Waals surface area contributed by atoms with Gasteiger partial charge in [-0.3, -0.25) is 4.79 Å². The lowest BCUT2D eigenvalue weighted by atomic mass is 9.92. The topological polar surface area (TPSA) is 60.8 Å². The Balaban J connectivity index is 1.99. The predicted octanol–water partition coefficient (Wildman–Crippen LogP) is 1.55. The Morgan fingerprint density at radius 1 is 1.42 bits per heavy atom. The van der Waals surface area contributed by atoms with Gasteiger partial charge in [0.1, 0.15) is 5.75 Å². The maximum Gasteiger partial charge on any atom is 0.227 e. The highest BCUT2D eigenvalue weighted by molar-refractivity contribution is 5.79. The van der Waals surface area contributed by atoms with Crippen molar-refractivity contribution in [3.8, 4) is 5.75 Å². The van der Waals surface area contributed by atoms with Crippen LogP contribution in [-0.2, 0) is 11.2 Å². The Labute approximate surface area is 113 Å². The van der Waals surface area contributed by atoms with Crippen molar-refractivity contribution in [3.05, 3.63) is 29.8 Å². The molecule has 2 unspecified atom stereocenters. The summed E-state index contributed by atoms with van der Waals surface area (Å²) in [5.74, 6) is 0.355. The van der Waals surface area contributed by atoms with Gasteiger partial charge in [0.25, 0.3) is 0 Å². The van der Waals surface area contributed by atoms with Gasteiger partial charge in [0, 0.05) is 24.6 Å². The van der Waals surface area contributed by atoms with Crippen molar-refractivity contribution < 1.29 is 15.0 Å². The molecule has 0 spiro atoms. The highest BCUT2D eigenvalue weighted by Crippen LogP contribution is 2.22. The molecule has 4 nitrogen and oxygen atoms in total. The van der Waals surface area contributed by atoms with Crippen molar-refractivity contribution in [1.82, 2.24) is 4.90 Å². The van der Waals surface area contributed by atoms with E-state index < -0.39 is 0 Å². The SMILES string of the molecule is CCC1CN(C(=O)Cc2ccccc2O)CCC1O. The summed E-state index contributed by atoms with van der Waals surface area (Å²) < 4.78 is 0. The summed E-state index contributed by atoms with van der Waals surface area (Å²) in [5, 5.41) is 19.5. The minimum atomic E-state index is -0.292. The molecule has 0 aromatic heterocycles. The van der Waals surface area contributed by atoms with Crippen LogP contribution < -0.4 is 0 Å². The fourth-order valence-electron chi connectivity index (χ4n) is 2.58. The largest absolute Gasteiger partial charge is 0.508 e. The van der Waals surface area contributed by atoms with E-state index in [9.17, 15) is 15.0 Å². The van der Waals surface area contributed by atoms with Gasteiger partial charge in [-0.25, -0.2) is 0 Å². The van der Waals surface area contributed by atoms with Crippen LogP contribution in [0.25, 0.3) is 0 Å². The van der Waals surface area contributed by atoms with Gasteiger partial charge in [0.05, 0.1) is 12.5 Å². The van der Waals surface area contributed by atoms with Crippen LogP contribution in [0.2, 0.25) is 0 Å². The number of rotatable bonds is 3. The number of nitrogens with zero attached hydrogens (tertiary/aromatic N) is 1. The molecule has 2 rings (SSSR count). The lowest BCUT2D eigenvalue weighted by Gasteiger charge is -2.35. The molecule has 2 atom stereocenters. The number of aliphatic hydroxyl groups excluding tert-OH is 1. The molecule has 1 heterocycles. The van der Waals surface area contributed by atoms with Crippen LogP contribution in [0, 0.1) is 5.92 Å². The molecule has 0 aliphatic carbocycles. The quantitative estimate of drug-likeness (QED) is 0.870. The van der Waals surface area contributed by atoms with E-state index in [1.54, 1.807) is 23.1 Å². The molecule has 1 fully saturated rings. The number of para-hydroxylation sites is 1. The Bertz CT molecular complexity index is 447. The van der Waals surface area contributed by atoms with E-state index in [4.69, 9.17) is 0 Å². The first-order chi connectivity index (χ1) is 9.11. The fourth-order valence-corrected chi connectivity index (χ4v) is 2.58. The lowest BCUT2D eigenvalue weighted by molar-refractivity contribution is -0.134. The molecule has 0 radical (unpaired) electrons. The van der Waals surface area contributed by atoms with Gasteiger partial charge < -0.3 is 15.1 Å². The molecule has 0 saturated carbocycles. The normalized spacial score (nSPS) is 23.4. The molecule has 1 aliphatic rings. The van der Waals surface area contributed by atoms with Gasteiger partial charge in [-0.2, -0.15) is 0 Å². The number of benzene rings is 1. The number of aliphatic hydroxyl groups is 1. The molecule has 1 aliphatic heterocycles. The highest BCUT2D eigenvalue weighted by atomic mass is 16.3. The zero-order valence-electron chi connectivity index (χ0n) is 11.2. The summed E-state index contributed by atoms with van der Waals surface area (Å²) in [7, 11) is 0. The summed E-state index contributed by atoms with van der Waals surface area (Å²) in [6.07, 6.45) is 1.45. The second-order valence-corrected chi connectivity index (χ2v) is 5.17. The minimum Gasteiger partial charge on any atom is -0.508 e. The maximum atomic E-state index is 12.2. The third-order valence-electron chi connectivity index (χ3n) is 3.90. The molecular weight excluding hydrogens is 242 g/mol. The van der Waals surface area contributed by atoms with E-state index in [0.717, 1.165) is 6.42 Å². The Morgan fingerprint density at radius 2 is 2.16 bits per heavy atom. The highest BCUT2D eigenvalue weighted by Gasteiger charge is 2.29. The standard InChI is InChI=1S/C15H21NO3/c1-2-11-10-16(8-7-14(11)18)15(19)9-12-5-3-4-6-13(12)17/h3-6,11,14,17-18H,2,7-10H2,1H3. The van der Waals surface area contributed by atoms with Crippen LogP contribution >= 0.6 is 0 Å². The van der Waals surface area contributed by atoms with Gasteiger partial charge in [-0.15, -0.1) is 0 Å². The van der Waals surface area contributed by atoms with Crippen LogP contribution in [0.15, 0.2) is 24.3 Å². The number of carbonyl (C=O) groups excluding carboxylic acids is 1. The second kappa shape index (κ2) is 6.06. The summed E-state index contributed by atoms with van der Waals surface area (Å²) >= 11 is 0. The van der Waals surface area contributed by atoms with Crippen molar-refractivity contribution in [1.29, 1.82) is 0 Å². The van der Waals surface area contributed by atoms with E-state index in [1.807, 2.05) is 13.0 Å². The number of phenols is 1. The average Bonchev–Trinajstić information content (AvgIpc) is 2.42. The average molecular weight is 263 g/mol. The molecule has 0 bridgehead atoms. The molecule has 1 aromatic carbocycles. The summed E-state index contributed by atoms with van der Waals surface area (Å²) in [6, 6.07) is 6.92. The second-order valence-electron chi connectivity index (χ2n) is 5.17. The Morgan fingerprint density at radius 3 is 2.84 bits per heavy atom. The monoisotopic (exact) mass is 263 g/mol. The van der Waals surface area contributed by atoms with Crippen LogP contribution in [0.1, 0.15) is 25.3 Å². The van der Waals surface area contributed by atoms with Crippen molar-refractivity contribution in [3.63, 3.8) is 0 Å². The lowest BCUT2D eigenvalue weighted by Crippen LogP contribution is -2.46. The number of likely N-dealkylation sites (tertiary alicyclic amines) is 1. The number of amides is 1. The van der Waals surface area contributed by atoms with Crippen molar-refractivity contribution in [2.45, 2.75) is 32.3 Å². The predicted molar refractivity (Wildman–Crippen MR) is 72.8 cm³/mol. The molecule has 4 heteroatoms. The molecule has 1 aromatic rings. The first kappa shape index (κ1) is 13.9. The van der Waals surface area contributed by atoms with Crippen LogP contribution in [0.4, 0.5) is 0 Å². The fraction of sp³-hybridized carbons (Fsp3) is 0.533. The van der Waals surface area contributed by atoms with E-state index in [0.29, 0.717) is 25.1 Å². The van der Waals surface area contributed by atoms with E-state index >= 15 is 0 Å². The zero-order chi connectivity index (χ0) is 13.8. The van der Waals surface area contributed by atoms with E-state index in [2.05, 4.69) is 0 Å². The Hall–Kier alpha value is -1.55. The summed E-state index contributed by atoms with van der Waals surface area (Å²) in [6.45, 7) is 3.25. The third kappa shape index (κ3) is 3.26. The van der Waals surface area contributed by atoms with Crippen LogP contribution in [0.5, 0.6) is 5.75 Å². The molecular formula is C15H21NO3.